The molecule has 2 aromatic rings. The lowest BCUT2D eigenvalue weighted by Crippen LogP contribution is -2.05. The van der Waals surface area contributed by atoms with Gasteiger partial charge in [0.25, 0.3) is 0 Å². The largest absolute Gasteiger partial charge is 0.387 e. The van der Waals surface area contributed by atoms with Crippen molar-refractivity contribution in [1.29, 1.82) is 0 Å². The van der Waals surface area contributed by atoms with Crippen molar-refractivity contribution in [2.75, 3.05) is 0 Å². The van der Waals surface area contributed by atoms with Crippen molar-refractivity contribution in [3.05, 3.63) is 35.2 Å². The van der Waals surface area contributed by atoms with Gasteiger partial charge >= 0.3 is 0 Å². The van der Waals surface area contributed by atoms with Gasteiger partial charge < -0.3 is 5.11 Å². The van der Waals surface area contributed by atoms with E-state index in [0.29, 0.717) is 5.92 Å². The molecule has 0 saturated carbocycles. The minimum Gasteiger partial charge on any atom is -0.387 e. The van der Waals surface area contributed by atoms with Crippen LogP contribution < -0.4 is 0 Å². The highest BCUT2D eigenvalue weighted by atomic mass is 32.1. The first kappa shape index (κ1) is 10.7. The van der Waals surface area contributed by atoms with Gasteiger partial charge in [-0.2, -0.15) is 0 Å². The normalized spacial score (nSPS) is 15.4. The molecule has 0 aliphatic carbocycles. The van der Waals surface area contributed by atoms with Crippen LogP contribution in [0.15, 0.2) is 30.3 Å². The maximum absolute atomic E-state index is 10.1. The highest BCUT2D eigenvalue weighted by molar-refractivity contribution is 7.19. The van der Waals surface area contributed by atoms with Crippen molar-refractivity contribution >= 4 is 21.4 Å². The summed E-state index contributed by atoms with van der Waals surface area (Å²) in [6.45, 7) is 4.20. The van der Waals surface area contributed by atoms with Crippen molar-refractivity contribution < 1.29 is 5.11 Å². The molecule has 0 spiro atoms. The molecule has 2 rings (SSSR count). The van der Waals surface area contributed by atoms with Crippen LogP contribution in [0.4, 0.5) is 0 Å². The molecule has 0 fully saturated rings. The molecule has 2 unspecified atom stereocenters. The molecule has 1 N–H and O–H groups in total. The molecular formula is C13H16OS. The molecule has 80 valence electrons. The second-order valence-corrected chi connectivity index (χ2v) is 5.13. The Hall–Kier alpha value is -0.860. The van der Waals surface area contributed by atoms with Gasteiger partial charge in [0.15, 0.2) is 0 Å². The number of hydrogen-bond acceptors (Lipinski definition) is 2. The lowest BCUT2D eigenvalue weighted by molar-refractivity contribution is 0.119. The third-order valence-corrected chi connectivity index (χ3v) is 4.11. The predicted molar refractivity (Wildman–Crippen MR) is 66.2 cm³/mol. The zero-order valence-corrected chi connectivity index (χ0v) is 9.92. The molecule has 1 aromatic heterocycles. The fourth-order valence-electron chi connectivity index (χ4n) is 1.65. The van der Waals surface area contributed by atoms with Crippen LogP contribution in [-0.2, 0) is 0 Å². The van der Waals surface area contributed by atoms with E-state index in [1.807, 2.05) is 12.1 Å². The Morgan fingerprint density at radius 2 is 2.07 bits per heavy atom. The van der Waals surface area contributed by atoms with Crippen molar-refractivity contribution in [1.82, 2.24) is 0 Å². The number of aliphatic hydroxyl groups is 1. The average molecular weight is 220 g/mol. The molecule has 1 heterocycles. The Morgan fingerprint density at radius 1 is 1.33 bits per heavy atom. The van der Waals surface area contributed by atoms with Crippen LogP contribution in [0.25, 0.3) is 10.1 Å². The van der Waals surface area contributed by atoms with Gasteiger partial charge in [-0.1, -0.05) is 38.5 Å². The summed E-state index contributed by atoms with van der Waals surface area (Å²) >= 11 is 1.70. The molecule has 15 heavy (non-hydrogen) atoms. The molecule has 0 bridgehead atoms. The van der Waals surface area contributed by atoms with Gasteiger partial charge in [0.05, 0.1) is 6.10 Å². The van der Waals surface area contributed by atoms with E-state index in [1.165, 1.54) is 10.1 Å². The van der Waals surface area contributed by atoms with E-state index in [-0.39, 0.29) is 6.10 Å². The number of benzene rings is 1. The summed E-state index contributed by atoms with van der Waals surface area (Å²) in [6.07, 6.45) is 0.697. The quantitative estimate of drug-likeness (QED) is 0.829. The number of thiophene rings is 1. The number of aliphatic hydroxyl groups excluding tert-OH is 1. The average Bonchev–Trinajstić information content (AvgIpc) is 2.70. The molecular weight excluding hydrogens is 204 g/mol. The van der Waals surface area contributed by atoms with Gasteiger partial charge in [-0.3, -0.25) is 0 Å². The first-order chi connectivity index (χ1) is 7.22. The maximum Gasteiger partial charge on any atom is 0.0907 e. The van der Waals surface area contributed by atoms with E-state index in [2.05, 4.69) is 32.0 Å². The minimum absolute atomic E-state index is 0.313. The number of rotatable bonds is 3. The summed E-state index contributed by atoms with van der Waals surface area (Å²) in [5, 5.41) is 11.3. The van der Waals surface area contributed by atoms with Crippen molar-refractivity contribution in [3.63, 3.8) is 0 Å². The van der Waals surface area contributed by atoms with Crippen molar-refractivity contribution in [2.24, 2.45) is 5.92 Å². The van der Waals surface area contributed by atoms with E-state index in [1.54, 1.807) is 11.3 Å². The summed E-state index contributed by atoms with van der Waals surface area (Å²) in [6, 6.07) is 10.4. The summed E-state index contributed by atoms with van der Waals surface area (Å²) in [4.78, 5) is 1.09. The lowest BCUT2D eigenvalue weighted by Gasteiger charge is -2.14. The standard InChI is InChI=1S/C13H16OS/c1-3-9(2)13(14)12-8-10-6-4-5-7-11(10)15-12/h4-9,13-14H,3H2,1-2H3. The molecule has 2 heteroatoms. The van der Waals surface area contributed by atoms with Crippen LogP contribution in [0.5, 0.6) is 0 Å². The van der Waals surface area contributed by atoms with Crippen molar-refractivity contribution in [3.8, 4) is 0 Å². The SMILES string of the molecule is CCC(C)C(O)c1cc2ccccc2s1. The Balaban J connectivity index is 2.36. The van der Waals surface area contributed by atoms with Crippen LogP contribution in [0.3, 0.4) is 0 Å². The Labute approximate surface area is 94.4 Å². The molecule has 0 aliphatic rings. The predicted octanol–water partition coefficient (Wildman–Crippen LogP) is 3.98. The highest BCUT2D eigenvalue weighted by Crippen LogP contribution is 2.33. The molecule has 2 atom stereocenters. The van der Waals surface area contributed by atoms with Gasteiger partial charge in [0, 0.05) is 9.58 Å². The van der Waals surface area contributed by atoms with Crippen LogP contribution in [0.1, 0.15) is 31.2 Å². The number of fused-ring (bicyclic) bond motifs is 1. The monoisotopic (exact) mass is 220 g/mol. The first-order valence-corrected chi connectivity index (χ1v) is 6.20. The summed E-state index contributed by atoms with van der Waals surface area (Å²) in [5.74, 6) is 0.332. The maximum atomic E-state index is 10.1. The van der Waals surface area contributed by atoms with Crippen molar-refractivity contribution in [2.45, 2.75) is 26.4 Å². The summed E-state index contributed by atoms with van der Waals surface area (Å²) < 4.78 is 1.26. The first-order valence-electron chi connectivity index (χ1n) is 5.39. The van der Waals surface area contributed by atoms with Gasteiger partial charge in [-0.05, 0) is 23.4 Å². The fourth-order valence-corrected chi connectivity index (χ4v) is 2.84. The third kappa shape index (κ3) is 2.06. The fraction of sp³-hybridized carbons (Fsp3) is 0.385. The topological polar surface area (TPSA) is 20.2 Å². The smallest absolute Gasteiger partial charge is 0.0907 e. The van der Waals surface area contributed by atoms with Crippen LogP contribution in [-0.4, -0.2) is 5.11 Å². The van der Waals surface area contributed by atoms with Crippen LogP contribution in [0, 0.1) is 5.92 Å². The summed E-state index contributed by atoms with van der Waals surface area (Å²) in [5.41, 5.74) is 0. The minimum atomic E-state index is -0.313. The Bertz CT molecular complexity index is 413. The van der Waals surface area contributed by atoms with E-state index >= 15 is 0 Å². The number of hydrogen-bond donors (Lipinski definition) is 1. The molecule has 0 amide bonds. The van der Waals surface area contributed by atoms with E-state index < -0.39 is 0 Å². The van der Waals surface area contributed by atoms with Gasteiger partial charge in [-0.25, -0.2) is 0 Å². The van der Waals surface area contributed by atoms with Crippen LogP contribution >= 0.6 is 11.3 Å². The molecule has 0 aliphatic heterocycles. The third-order valence-electron chi connectivity index (χ3n) is 2.92. The van der Waals surface area contributed by atoms with Gasteiger partial charge in [0.1, 0.15) is 0 Å². The molecule has 0 radical (unpaired) electrons. The van der Waals surface area contributed by atoms with E-state index in [9.17, 15) is 5.11 Å². The van der Waals surface area contributed by atoms with Crippen LogP contribution in [0.2, 0.25) is 0 Å². The van der Waals surface area contributed by atoms with E-state index in [0.717, 1.165) is 11.3 Å². The van der Waals surface area contributed by atoms with Gasteiger partial charge in [-0.15, -0.1) is 11.3 Å². The highest BCUT2D eigenvalue weighted by Gasteiger charge is 2.16. The lowest BCUT2D eigenvalue weighted by atomic mass is 10.0. The molecule has 1 aromatic carbocycles. The second kappa shape index (κ2) is 4.33. The zero-order valence-electron chi connectivity index (χ0n) is 9.10. The molecule has 1 nitrogen and oxygen atoms in total. The Kier molecular flexibility index (Phi) is 3.08. The molecule has 0 saturated heterocycles. The Morgan fingerprint density at radius 3 is 2.73 bits per heavy atom. The summed E-state index contributed by atoms with van der Waals surface area (Å²) in [7, 11) is 0. The second-order valence-electron chi connectivity index (χ2n) is 4.02. The zero-order chi connectivity index (χ0) is 10.8. The van der Waals surface area contributed by atoms with E-state index in [4.69, 9.17) is 0 Å². The van der Waals surface area contributed by atoms with Gasteiger partial charge in [0.2, 0.25) is 0 Å².